The largest absolute Gasteiger partial charge is 0.481 e. The van der Waals surface area contributed by atoms with Crippen LogP contribution in [0.15, 0.2) is 18.3 Å². The molecule has 4 nitrogen and oxygen atoms in total. The summed E-state index contributed by atoms with van der Waals surface area (Å²) in [6.07, 6.45) is 4.52. The Bertz CT molecular complexity index is 347. The monoisotopic (exact) mass is 249 g/mol. The zero-order valence-corrected chi connectivity index (χ0v) is 11.4. The second-order valence-corrected chi connectivity index (χ2v) is 4.83. The number of ether oxygens (including phenoxy) is 1. The standard InChI is InChI=1S/C14H23N3O/c1-3-17(11-13-5-4-8-15-13)10-12-6-7-14(18-2)16-9-12/h6-7,9,13,15H,3-5,8,10-11H2,1-2H3. The van der Waals surface area contributed by atoms with Crippen molar-refractivity contribution in [2.45, 2.75) is 32.4 Å². The van der Waals surface area contributed by atoms with Crippen molar-refractivity contribution < 1.29 is 4.74 Å². The maximum atomic E-state index is 5.07. The van der Waals surface area contributed by atoms with E-state index in [9.17, 15) is 0 Å². The molecule has 1 atom stereocenters. The average molecular weight is 249 g/mol. The Hall–Kier alpha value is -1.13. The first-order valence-electron chi connectivity index (χ1n) is 6.76. The van der Waals surface area contributed by atoms with Gasteiger partial charge in [0.25, 0.3) is 0 Å². The summed E-state index contributed by atoms with van der Waals surface area (Å²) in [7, 11) is 1.64. The van der Waals surface area contributed by atoms with E-state index in [4.69, 9.17) is 4.74 Å². The number of nitrogens with one attached hydrogen (secondary N) is 1. The number of nitrogens with zero attached hydrogens (tertiary/aromatic N) is 2. The van der Waals surface area contributed by atoms with Crippen LogP contribution in [-0.2, 0) is 6.54 Å². The lowest BCUT2D eigenvalue weighted by Gasteiger charge is -2.24. The summed E-state index contributed by atoms with van der Waals surface area (Å²) in [6.45, 7) is 6.55. The van der Waals surface area contributed by atoms with Crippen LogP contribution < -0.4 is 10.1 Å². The lowest BCUT2D eigenvalue weighted by Crippen LogP contribution is -2.37. The molecule has 1 aromatic rings. The topological polar surface area (TPSA) is 37.4 Å². The van der Waals surface area contributed by atoms with Gasteiger partial charge >= 0.3 is 0 Å². The minimum atomic E-state index is 0.663. The molecule has 4 heteroatoms. The summed E-state index contributed by atoms with van der Waals surface area (Å²) >= 11 is 0. The Balaban J connectivity index is 1.87. The number of aromatic nitrogens is 1. The molecule has 1 aliphatic rings. The van der Waals surface area contributed by atoms with Gasteiger partial charge in [0, 0.05) is 31.4 Å². The van der Waals surface area contributed by atoms with E-state index >= 15 is 0 Å². The van der Waals surface area contributed by atoms with Crippen LogP contribution in [0.5, 0.6) is 5.88 Å². The van der Waals surface area contributed by atoms with Gasteiger partial charge < -0.3 is 10.1 Å². The summed E-state index contributed by atoms with van der Waals surface area (Å²) in [6, 6.07) is 4.68. The highest BCUT2D eigenvalue weighted by atomic mass is 16.5. The van der Waals surface area contributed by atoms with E-state index < -0.39 is 0 Å². The third-order valence-electron chi connectivity index (χ3n) is 3.50. The molecule has 0 saturated carbocycles. The molecule has 0 bridgehead atoms. The number of hydrogen-bond donors (Lipinski definition) is 1. The number of rotatable bonds is 6. The quantitative estimate of drug-likeness (QED) is 0.832. The van der Waals surface area contributed by atoms with Gasteiger partial charge in [-0.2, -0.15) is 0 Å². The van der Waals surface area contributed by atoms with Crippen molar-refractivity contribution in [2.75, 3.05) is 26.7 Å². The Morgan fingerprint density at radius 2 is 2.39 bits per heavy atom. The Labute approximate surface area is 109 Å². The van der Waals surface area contributed by atoms with E-state index in [-0.39, 0.29) is 0 Å². The summed E-state index contributed by atoms with van der Waals surface area (Å²) < 4.78 is 5.07. The fourth-order valence-corrected chi connectivity index (χ4v) is 2.41. The molecule has 0 aliphatic carbocycles. The predicted molar refractivity (Wildman–Crippen MR) is 72.8 cm³/mol. The molecule has 18 heavy (non-hydrogen) atoms. The van der Waals surface area contributed by atoms with Gasteiger partial charge in [0.1, 0.15) is 0 Å². The molecule has 1 unspecified atom stereocenters. The fourth-order valence-electron chi connectivity index (χ4n) is 2.41. The van der Waals surface area contributed by atoms with Crippen LogP contribution in [0.4, 0.5) is 0 Å². The van der Waals surface area contributed by atoms with Crippen molar-refractivity contribution in [3.05, 3.63) is 23.9 Å². The molecule has 0 radical (unpaired) electrons. The third kappa shape index (κ3) is 3.68. The maximum Gasteiger partial charge on any atom is 0.212 e. The van der Waals surface area contributed by atoms with Gasteiger partial charge in [0.2, 0.25) is 5.88 Å². The number of hydrogen-bond acceptors (Lipinski definition) is 4. The molecule has 2 rings (SSSR count). The van der Waals surface area contributed by atoms with Gasteiger partial charge in [0.05, 0.1) is 7.11 Å². The molecule has 1 fully saturated rings. The van der Waals surface area contributed by atoms with Crippen molar-refractivity contribution >= 4 is 0 Å². The Morgan fingerprint density at radius 1 is 1.50 bits per heavy atom. The Kier molecular flexibility index (Phi) is 4.96. The van der Waals surface area contributed by atoms with Crippen LogP contribution in [0.2, 0.25) is 0 Å². The number of likely N-dealkylation sites (N-methyl/N-ethyl adjacent to an activating group) is 1. The fraction of sp³-hybridized carbons (Fsp3) is 0.643. The van der Waals surface area contributed by atoms with Crippen molar-refractivity contribution in [3.63, 3.8) is 0 Å². The van der Waals surface area contributed by atoms with E-state index in [1.807, 2.05) is 12.3 Å². The van der Waals surface area contributed by atoms with Gasteiger partial charge in [0.15, 0.2) is 0 Å². The van der Waals surface area contributed by atoms with Crippen molar-refractivity contribution in [2.24, 2.45) is 0 Å². The van der Waals surface area contributed by atoms with E-state index in [2.05, 4.69) is 28.2 Å². The molecule has 0 amide bonds. The predicted octanol–water partition coefficient (Wildman–Crippen LogP) is 1.66. The highest BCUT2D eigenvalue weighted by molar-refractivity contribution is 5.17. The SMILES string of the molecule is CCN(Cc1ccc(OC)nc1)CC1CCCN1. The first-order valence-corrected chi connectivity index (χ1v) is 6.76. The van der Waals surface area contributed by atoms with E-state index in [0.29, 0.717) is 11.9 Å². The Morgan fingerprint density at radius 3 is 2.94 bits per heavy atom. The average Bonchev–Trinajstić information content (AvgIpc) is 2.91. The number of pyridine rings is 1. The van der Waals surface area contributed by atoms with E-state index in [0.717, 1.165) is 19.6 Å². The van der Waals surface area contributed by atoms with Crippen LogP contribution in [0.25, 0.3) is 0 Å². The van der Waals surface area contributed by atoms with Crippen LogP contribution in [0.3, 0.4) is 0 Å². The molecule has 2 heterocycles. The van der Waals surface area contributed by atoms with Crippen molar-refractivity contribution in [1.82, 2.24) is 15.2 Å². The summed E-state index contributed by atoms with van der Waals surface area (Å²) in [4.78, 5) is 6.72. The number of methoxy groups -OCH3 is 1. The first kappa shape index (κ1) is 13.3. The molecule has 1 aliphatic heterocycles. The van der Waals surface area contributed by atoms with Crippen LogP contribution in [-0.4, -0.2) is 42.7 Å². The second-order valence-electron chi connectivity index (χ2n) is 4.83. The van der Waals surface area contributed by atoms with Gasteiger partial charge in [-0.15, -0.1) is 0 Å². The van der Waals surface area contributed by atoms with Crippen LogP contribution >= 0.6 is 0 Å². The molecule has 1 saturated heterocycles. The minimum Gasteiger partial charge on any atom is -0.481 e. The van der Waals surface area contributed by atoms with Gasteiger partial charge in [-0.05, 0) is 31.5 Å². The summed E-state index contributed by atoms with van der Waals surface area (Å²) in [5.41, 5.74) is 1.25. The first-order chi connectivity index (χ1) is 8.81. The van der Waals surface area contributed by atoms with Gasteiger partial charge in [-0.1, -0.05) is 13.0 Å². The highest BCUT2D eigenvalue weighted by Crippen LogP contribution is 2.12. The molecular weight excluding hydrogens is 226 g/mol. The van der Waals surface area contributed by atoms with Gasteiger partial charge in [-0.3, -0.25) is 4.90 Å². The van der Waals surface area contributed by atoms with Crippen LogP contribution in [0, 0.1) is 0 Å². The highest BCUT2D eigenvalue weighted by Gasteiger charge is 2.17. The lowest BCUT2D eigenvalue weighted by atomic mass is 10.2. The van der Waals surface area contributed by atoms with E-state index in [1.165, 1.54) is 24.9 Å². The third-order valence-corrected chi connectivity index (χ3v) is 3.50. The zero-order valence-electron chi connectivity index (χ0n) is 11.4. The zero-order chi connectivity index (χ0) is 12.8. The smallest absolute Gasteiger partial charge is 0.212 e. The van der Waals surface area contributed by atoms with E-state index in [1.54, 1.807) is 7.11 Å². The van der Waals surface area contributed by atoms with Crippen LogP contribution in [0.1, 0.15) is 25.3 Å². The molecule has 1 aromatic heterocycles. The lowest BCUT2D eigenvalue weighted by molar-refractivity contribution is 0.253. The molecule has 0 spiro atoms. The summed E-state index contributed by atoms with van der Waals surface area (Å²) in [5, 5.41) is 3.55. The second kappa shape index (κ2) is 6.71. The van der Waals surface area contributed by atoms with Gasteiger partial charge in [-0.25, -0.2) is 4.98 Å². The summed E-state index contributed by atoms with van der Waals surface area (Å²) in [5.74, 6) is 0.680. The molecular formula is C14H23N3O. The van der Waals surface area contributed by atoms with Crippen molar-refractivity contribution in [1.29, 1.82) is 0 Å². The molecule has 0 aromatic carbocycles. The normalized spacial score (nSPS) is 19.4. The minimum absolute atomic E-state index is 0.663. The van der Waals surface area contributed by atoms with Crippen molar-refractivity contribution in [3.8, 4) is 5.88 Å². The maximum absolute atomic E-state index is 5.07. The molecule has 100 valence electrons. The molecule has 1 N–H and O–H groups in total.